The second-order valence-electron chi connectivity index (χ2n) is 6.41. The van der Waals surface area contributed by atoms with Gasteiger partial charge in [0.1, 0.15) is 12.4 Å². The molecule has 2 aromatic rings. The SMILES string of the molecule is O=C(Nc1ccc(N2CCCC2=O)c(Cl)c1)C1=Cc2cc(Br)ccc2OC1. The highest BCUT2D eigenvalue weighted by molar-refractivity contribution is 9.10. The van der Waals surface area contributed by atoms with Crippen molar-refractivity contribution in [2.45, 2.75) is 12.8 Å². The van der Waals surface area contributed by atoms with Gasteiger partial charge in [-0.05, 0) is 48.9 Å². The molecule has 0 radical (unpaired) electrons. The van der Waals surface area contributed by atoms with Crippen molar-refractivity contribution in [1.29, 1.82) is 0 Å². The minimum Gasteiger partial charge on any atom is -0.488 e. The summed E-state index contributed by atoms with van der Waals surface area (Å²) >= 11 is 9.76. The summed E-state index contributed by atoms with van der Waals surface area (Å²) < 4.78 is 6.57. The van der Waals surface area contributed by atoms with Gasteiger partial charge in [0.05, 0.1) is 16.3 Å². The topological polar surface area (TPSA) is 58.6 Å². The second kappa shape index (κ2) is 7.37. The Kier molecular flexibility index (Phi) is 4.93. The molecule has 2 aliphatic rings. The molecule has 0 atom stereocenters. The molecule has 2 aliphatic heterocycles. The van der Waals surface area contributed by atoms with Gasteiger partial charge in [0, 0.05) is 28.7 Å². The first-order valence-corrected chi connectivity index (χ1v) is 9.72. The van der Waals surface area contributed by atoms with E-state index in [1.807, 2.05) is 24.3 Å². The van der Waals surface area contributed by atoms with Crippen LogP contribution in [0.5, 0.6) is 5.75 Å². The zero-order valence-corrected chi connectivity index (χ0v) is 16.6. The van der Waals surface area contributed by atoms with Crippen molar-refractivity contribution in [1.82, 2.24) is 0 Å². The van der Waals surface area contributed by atoms with Gasteiger partial charge in [-0.3, -0.25) is 9.59 Å². The third-order valence-electron chi connectivity index (χ3n) is 4.55. The van der Waals surface area contributed by atoms with E-state index in [-0.39, 0.29) is 18.4 Å². The van der Waals surface area contributed by atoms with Crippen molar-refractivity contribution in [2.24, 2.45) is 0 Å². The summed E-state index contributed by atoms with van der Waals surface area (Å²) in [5, 5.41) is 3.28. The van der Waals surface area contributed by atoms with E-state index >= 15 is 0 Å². The molecule has 138 valence electrons. The van der Waals surface area contributed by atoms with E-state index in [0.717, 1.165) is 22.2 Å². The number of hydrogen-bond donors (Lipinski definition) is 1. The number of halogens is 2. The maximum Gasteiger partial charge on any atom is 0.255 e. The first kappa shape index (κ1) is 18.1. The van der Waals surface area contributed by atoms with Gasteiger partial charge in [-0.1, -0.05) is 27.5 Å². The van der Waals surface area contributed by atoms with E-state index in [9.17, 15) is 9.59 Å². The van der Waals surface area contributed by atoms with Crippen molar-refractivity contribution in [3.63, 3.8) is 0 Å². The number of fused-ring (bicyclic) bond motifs is 1. The molecule has 1 saturated heterocycles. The standard InChI is InChI=1S/C20H16BrClN2O3/c21-14-3-6-18-12(9-14)8-13(11-27-18)20(26)23-15-4-5-17(16(22)10-15)24-7-1-2-19(24)25/h3-6,8-10H,1-2,7,11H2,(H,23,26). The molecule has 0 aromatic heterocycles. The van der Waals surface area contributed by atoms with E-state index < -0.39 is 0 Å². The largest absolute Gasteiger partial charge is 0.488 e. The summed E-state index contributed by atoms with van der Waals surface area (Å²) in [7, 11) is 0. The molecule has 4 rings (SSSR count). The molecule has 2 heterocycles. The number of benzene rings is 2. The lowest BCUT2D eigenvalue weighted by molar-refractivity contribution is -0.117. The highest BCUT2D eigenvalue weighted by atomic mass is 79.9. The van der Waals surface area contributed by atoms with E-state index in [1.54, 1.807) is 23.1 Å². The fourth-order valence-electron chi connectivity index (χ4n) is 3.20. The number of ether oxygens (including phenoxy) is 1. The number of anilines is 2. The molecule has 27 heavy (non-hydrogen) atoms. The van der Waals surface area contributed by atoms with Gasteiger partial charge < -0.3 is 15.0 Å². The molecular weight excluding hydrogens is 432 g/mol. The predicted octanol–water partition coefficient (Wildman–Crippen LogP) is 4.64. The maximum absolute atomic E-state index is 12.6. The lowest BCUT2D eigenvalue weighted by atomic mass is 10.1. The van der Waals surface area contributed by atoms with Gasteiger partial charge in [-0.25, -0.2) is 0 Å². The monoisotopic (exact) mass is 446 g/mol. The molecule has 0 saturated carbocycles. The molecule has 1 N–H and O–H groups in total. The highest BCUT2D eigenvalue weighted by Crippen LogP contribution is 2.33. The third kappa shape index (κ3) is 3.73. The minimum atomic E-state index is -0.248. The van der Waals surface area contributed by atoms with Crippen LogP contribution in [-0.4, -0.2) is 25.0 Å². The van der Waals surface area contributed by atoms with Crippen LogP contribution in [0.25, 0.3) is 6.08 Å². The molecule has 0 spiro atoms. The van der Waals surface area contributed by atoms with Crippen LogP contribution in [0.1, 0.15) is 18.4 Å². The smallest absolute Gasteiger partial charge is 0.255 e. The van der Waals surface area contributed by atoms with Gasteiger partial charge in [0.25, 0.3) is 5.91 Å². The number of carbonyl (C=O) groups is 2. The van der Waals surface area contributed by atoms with E-state index in [1.165, 1.54) is 0 Å². The Hall–Kier alpha value is -2.31. The van der Waals surface area contributed by atoms with Crippen LogP contribution in [0, 0.1) is 0 Å². The lowest BCUT2D eigenvalue weighted by Crippen LogP contribution is -2.24. The molecule has 7 heteroatoms. The Balaban J connectivity index is 1.52. The molecule has 2 amide bonds. The second-order valence-corrected chi connectivity index (χ2v) is 7.73. The molecule has 5 nitrogen and oxygen atoms in total. The van der Waals surface area contributed by atoms with Crippen LogP contribution in [0.4, 0.5) is 11.4 Å². The van der Waals surface area contributed by atoms with E-state index in [4.69, 9.17) is 16.3 Å². The van der Waals surface area contributed by atoms with Gasteiger partial charge in [0.2, 0.25) is 5.91 Å². The van der Waals surface area contributed by atoms with Crippen molar-refractivity contribution >= 4 is 56.8 Å². The van der Waals surface area contributed by atoms with Gasteiger partial charge in [-0.15, -0.1) is 0 Å². The summed E-state index contributed by atoms with van der Waals surface area (Å²) in [6.07, 6.45) is 3.19. The first-order valence-electron chi connectivity index (χ1n) is 8.55. The Morgan fingerprint density at radius 3 is 2.81 bits per heavy atom. The predicted molar refractivity (Wildman–Crippen MR) is 109 cm³/mol. The normalized spacial score (nSPS) is 15.9. The summed E-state index contributed by atoms with van der Waals surface area (Å²) in [6, 6.07) is 10.8. The molecule has 0 bridgehead atoms. The number of nitrogens with one attached hydrogen (secondary N) is 1. The summed E-state index contributed by atoms with van der Waals surface area (Å²) in [4.78, 5) is 26.2. The summed E-state index contributed by atoms with van der Waals surface area (Å²) in [5.74, 6) is 0.571. The number of amides is 2. The van der Waals surface area contributed by atoms with Crippen molar-refractivity contribution in [3.8, 4) is 5.75 Å². The van der Waals surface area contributed by atoms with Crippen molar-refractivity contribution in [2.75, 3.05) is 23.4 Å². The Morgan fingerprint density at radius 1 is 1.22 bits per heavy atom. The van der Waals surface area contributed by atoms with Crippen LogP contribution in [-0.2, 0) is 9.59 Å². The van der Waals surface area contributed by atoms with Gasteiger partial charge in [-0.2, -0.15) is 0 Å². The Morgan fingerprint density at radius 2 is 2.07 bits per heavy atom. The average Bonchev–Trinajstić information content (AvgIpc) is 3.07. The molecule has 2 aromatic carbocycles. The Bertz CT molecular complexity index is 974. The zero-order chi connectivity index (χ0) is 19.0. The van der Waals surface area contributed by atoms with E-state index in [0.29, 0.717) is 34.9 Å². The van der Waals surface area contributed by atoms with Crippen LogP contribution in [0.15, 0.2) is 46.4 Å². The average molecular weight is 448 g/mol. The number of carbonyl (C=O) groups excluding carboxylic acids is 2. The number of nitrogens with zero attached hydrogens (tertiary/aromatic N) is 1. The minimum absolute atomic E-state index is 0.0722. The fourth-order valence-corrected chi connectivity index (χ4v) is 3.86. The Labute approximate surface area is 170 Å². The van der Waals surface area contributed by atoms with Crippen LogP contribution >= 0.6 is 27.5 Å². The van der Waals surface area contributed by atoms with E-state index in [2.05, 4.69) is 21.2 Å². The first-order chi connectivity index (χ1) is 13.0. The van der Waals surface area contributed by atoms with Crippen LogP contribution in [0.2, 0.25) is 5.02 Å². The molecule has 0 unspecified atom stereocenters. The highest BCUT2D eigenvalue weighted by Gasteiger charge is 2.24. The van der Waals surface area contributed by atoms with Crippen molar-refractivity contribution < 1.29 is 14.3 Å². The maximum atomic E-state index is 12.6. The molecule has 0 aliphatic carbocycles. The van der Waals surface area contributed by atoms with Crippen LogP contribution < -0.4 is 15.0 Å². The number of rotatable bonds is 3. The van der Waals surface area contributed by atoms with Crippen LogP contribution in [0.3, 0.4) is 0 Å². The summed E-state index contributed by atoms with van der Waals surface area (Å²) in [5.41, 5.74) is 2.62. The van der Waals surface area contributed by atoms with Gasteiger partial charge >= 0.3 is 0 Å². The fraction of sp³-hybridized carbons (Fsp3) is 0.200. The van der Waals surface area contributed by atoms with Gasteiger partial charge in [0.15, 0.2) is 0 Å². The molecule has 1 fully saturated rings. The lowest BCUT2D eigenvalue weighted by Gasteiger charge is -2.19. The third-order valence-corrected chi connectivity index (χ3v) is 5.34. The quantitative estimate of drug-likeness (QED) is 0.745. The summed E-state index contributed by atoms with van der Waals surface area (Å²) in [6.45, 7) is 0.873. The molecular formula is C20H16BrClN2O3. The van der Waals surface area contributed by atoms with Crippen molar-refractivity contribution in [3.05, 3.63) is 57.0 Å². The number of hydrogen-bond acceptors (Lipinski definition) is 3. The zero-order valence-electron chi connectivity index (χ0n) is 14.3.